The minimum atomic E-state index is 0.173. The summed E-state index contributed by atoms with van der Waals surface area (Å²) in [5, 5.41) is 3.38. The Morgan fingerprint density at radius 3 is 2.78 bits per heavy atom. The summed E-state index contributed by atoms with van der Waals surface area (Å²) < 4.78 is 5.37. The lowest BCUT2D eigenvalue weighted by Gasteiger charge is -2.18. The quantitative estimate of drug-likeness (QED) is 0.888. The van der Waals surface area contributed by atoms with E-state index in [1.807, 2.05) is 6.20 Å². The van der Waals surface area contributed by atoms with Crippen LogP contribution in [0.25, 0.3) is 0 Å². The molecule has 1 aliphatic heterocycles. The molecule has 18 heavy (non-hydrogen) atoms. The average Bonchev–Trinajstić information content (AvgIpc) is 2.82. The van der Waals surface area contributed by atoms with Crippen molar-refractivity contribution < 1.29 is 4.74 Å². The molecule has 0 aliphatic carbocycles. The first-order valence-corrected chi connectivity index (χ1v) is 6.84. The van der Waals surface area contributed by atoms with Crippen LogP contribution < -0.4 is 5.32 Å². The van der Waals surface area contributed by atoms with Gasteiger partial charge in [0.15, 0.2) is 0 Å². The van der Waals surface area contributed by atoms with Gasteiger partial charge in [-0.3, -0.25) is 0 Å². The van der Waals surface area contributed by atoms with Crippen LogP contribution in [0.5, 0.6) is 0 Å². The summed E-state index contributed by atoms with van der Waals surface area (Å²) in [6.07, 6.45) is 4.35. The fourth-order valence-electron chi connectivity index (χ4n) is 2.16. The molecule has 0 spiro atoms. The minimum Gasteiger partial charge on any atom is -0.381 e. The zero-order chi connectivity index (χ0) is 13.0. The van der Waals surface area contributed by atoms with Crippen molar-refractivity contribution >= 4 is 5.82 Å². The van der Waals surface area contributed by atoms with Crippen molar-refractivity contribution in [3.8, 4) is 0 Å². The van der Waals surface area contributed by atoms with Gasteiger partial charge < -0.3 is 10.1 Å². The lowest BCUT2D eigenvalue weighted by atomic mass is 9.88. The Morgan fingerprint density at radius 2 is 2.22 bits per heavy atom. The number of hydrogen-bond donors (Lipinski definition) is 1. The number of pyridine rings is 1. The second-order valence-corrected chi connectivity index (χ2v) is 6.13. The summed E-state index contributed by atoms with van der Waals surface area (Å²) in [7, 11) is 0. The monoisotopic (exact) mass is 248 g/mol. The molecular formula is C15H24N2O. The van der Waals surface area contributed by atoms with Crippen LogP contribution in [0.2, 0.25) is 0 Å². The molecule has 1 unspecified atom stereocenters. The zero-order valence-corrected chi connectivity index (χ0v) is 11.7. The van der Waals surface area contributed by atoms with Gasteiger partial charge in [0.05, 0.1) is 0 Å². The smallest absolute Gasteiger partial charge is 0.125 e. The first-order chi connectivity index (χ1) is 8.55. The summed E-state index contributed by atoms with van der Waals surface area (Å²) in [5.74, 6) is 1.70. The third-order valence-electron chi connectivity index (χ3n) is 3.51. The second kappa shape index (κ2) is 5.70. The van der Waals surface area contributed by atoms with E-state index in [2.05, 4.69) is 43.2 Å². The van der Waals surface area contributed by atoms with Crippen LogP contribution in [0.4, 0.5) is 5.82 Å². The van der Waals surface area contributed by atoms with Crippen LogP contribution in [0.1, 0.15) is 39.2 Å². The van der Waals surface area contributed by atoms with Crippen LogP contribution in [-0.4, -0.2) is 24.7 Å². The molecule has 2 rings (SSSR count). The molecule has 1 aliphatic rings. The molecule has 2 heterocycles. The summed E-state index contributed by atoms with van der Waals surface area (Å²) in [6, 6.07) is 4.24. The van der Waals surface area contributed by atoms with E-state index in [0.717, 1.165) is 31.5 Å². The highest BCUT2D eigenvalue weighted by molar-refractivity contribution is 5.36. The fraction of sp³-hybridized carbons (Fsp3) is 0.667. The van der Waals surface area contributed by atoms with E-state index in [0.29, 0.717) is 0 Å². The van der Waals surface area contributed by atoms with Crippen molar-refractivity contribution in [3.63, 3.8) is 0 Å². The normalized spacial score (nSPS) is 20.1. The van der Waals surface area contributed by atoms with Crippen molar-refractivity contribution in [2.24, 2.45) is 5.92 Å². The van der Waals surface area contributed by atoms with Gasteiger partial charge in [0.1, 0.15) is 5.82 Å². The molecule has 0 bridgehead atoms. The van der Waals surface area contributed by atoms with Crippen molar-refractivity contribution in [2.75, 3.05) is 25.1 Å². The third-order valence-corrected chi connectivity index (χ3v) is 3.51. The highest BCUT2D eigenvalue weighted by Crippen LogP contribution is 2.22. The van der Waals surface area contributed by atoms with Crippen molar-refractivity contribution in [1.29, 1.82) is 0 Å². The predicted molar refractivity (Wildman–Crippen MR) is 75.0 cm³/mol. The first kappa shape index (κ1) is 13.3. The molecule has 1 fully saturated rings. The minimum absolute atomic E-state index is 0.173. The lowest BCUT2D eigenvalue weighted by molar-refractivity contribution is 0.185. The zero-order valence-electron chi connectivity index (χ0n) is 11.7. The van der Waals surface area contributed by atoms with Crippen molar-refractivity contribution in [1.82, 2.24) is 4.98 Å². The molecule has 0 amide bonds. The summed E-state index contributed by atoms with van der Waals surface area (Å²) >= 11 is 0. The van der Waals surface area contributed by atoms with Gasteiger partial charge in [0.2, 0.25) is 0 Å². The van der Waals surface area contributed by atoms with E-state index < -0.39 is 0 Å². The van der Waals surface area contributed by atoms with Gasteiger partial charge >= 0.3 is 0 Å². The second-order valence-electron chi connectivity index (χ2n) is 6.13. The number of nitrogens with zero attached hydrogens (tertiary/aromatic N) is 1. The molecule has 1 saturated heterocycles. The van der Waals surface area contributed by atoms with Gasteiger partial charge in [-0.25, -0.2) is 4.98 Å². The molecule has 3 heteroatoms. The molecular weight excluding hydrogens is 224 g/mol. The molecule has 1 aromatic rings. The summed E-state index contributed by atoms with van der Waals surface area (Å²) in [4.78, 5) is 4.47. The predicted octanol–water partition coefficient (Wildman–Crippen LogP) is 3.22. The standard InChI is InChI=1S/C15H24N2O/c1-15(2,3)13-4-5-14(17-10-13)16-8-6-12-7-9-18-11-12/h4-5,10,12H,6-9,11H2,1-3H3,(H,16,17). The average molecular weight is 248 g/mol. The molecule has 1 atom stereocenters. The molecule has 1 N–H and O–H groups in total. The fourth-order valence-corrected chi connectivity index (χ4v) is 2.16. The van der Waals surface area contributed by atoms with E-state index in [9.17, 15) is 0 Å². The van der Waals surface area contributed by atoms with E-state index in [4.69, 9.17) is 4.74 Å². The van der Waals surface area contributed by atoms with Crippen molar-refractivity contribution in [2.45, 2.75) is 39.0 Å². The van der Waals surface area contributed by atoms with Gasteiger partial charge in [-0.2, -0.15) is 0 Å². The molecule has 3 nitrogen and oxygen atoms in total. The van der Waals surface area contributed by atoms with Gasteiger partial charge in [-0.1, -0.05) is 26.8 Å². The Hall–Kier alpha value is -1.09. The molecule has 0 aromatic carbocycles. The maximum atomic E-state index is 5.37. The van der Waals surface area contributed by atoms with Crippen LogP contribution in [0.15, 0.2) is 18.3 Å². The van der Waals surface area contributed by atoms with Crippen LogP contribution in [-0.2, 0) is 10.2 Å². The SMILES string of the molecule is CC(C)(C)c1ccc(NCCC2CCOC2)nc1. The Bertz CT molecular complexity index is 361. The number of aromatic nitrogens is 1. The summed E-state index contributed by atoms with van der Waals surface area (Å²) in [5.41, 5.74) is 1.45. The van der Waals surface area contributed by atoms with E-state index in [1.165, 1.54) is 18.4 Å². The van der Waals surface area contributed by atoms with Gasteiger partial charge in [-0.15, -0.1) is 0 Å². The molecule has 1 aromatic heterocycles. The van der Waals surface area contributed by atoms with Crippen LogP contribution >= 0.6 is 0 Å². The first-order valence-electron chi connectivity index (χ1n) is 6.84. The third kappa shape index (κ3) is 3.70. The Morgan fingerprint density at radius 1 is 1.39 bits per heavy atom. The summed E-state index contributed by atoms with van der Waals surface area (Å²) in [6.45, 7) is 9.46. The number of anilines is 1. The van der Waals surface area contributed by atoms with Crippen LogP contribution in [0.3, 0.4) is 0 Å². The van der Waals surface area contributed by atoms with Crippen LogP contribution in [0, 0.1) is 5.92 Å². The van der Waals surface area contributed by atoms with E-state index in [-0.39, 0.29) is 5.41 Å². The topological polar surface area (TPSA) is 34.1 Å². The van der Waals surface area contributed by atoms with Crippen molar-refractivity contribution in [3.05, 3.63) is 23.9 Å². The van der Waals surface area contributed by atoms with E-state index in [1.54, 1.807) is 0 Å². The molecule has 0 radical (unpaired) electrons. The Kier molecular flexibility index (Phi) is 4.23. The number of nitrogens with one attached hydrogen (secondary N) is 1. The Labute approximate surface area is 110 Å². The molecule has 0 saturated carbocycles. The van der Waals surface area contributed by atoms with Gasteiger partial charge in [0, 0.05) is 26.0 Å². The van der Waals surface area contributed by atoms with Gasteiger partial charge in [0.25, 0.3) is 0 Å². The maximum Gasteiger partial charge on any atom is 0.125 e. The highest BCUT2D eigenvalue weighted by Gasteiger charge is 2.15. The lowest BCUT2D eigenvalue weighted by Crippen LogP contribution is -2.13. The number of hydrogen-bond acceptors (Lipinski definition) is 3. The largest absolute Gasteiger partial charge is 0.381 e. The van der Waals surface area contributed by atoms with Gasteiger partial charge in [-0.05, 0) is 35.8 Å². The highest BCUT2D eigenvalue weighted by atomic mass is 16.5. The number of rotatable bonds is 4. The number of ether oxygens (including phenoxy) is 1. The molecule has 100 valence electrons. The Balaban J connectivity index is 1.79. The maximum absolute atomic E-state index is 5.37. The van der Waals surface area contributed by atoms with E-state index >= 15 is 0 Å².